The van der Waals surface area contributed by atoms with Crippen molar-refractivity contribution in [3.05, 3.63) is 70.9 Å². The molecule has 9 rings (SSSR count). The van der Waals surface area contributed by atoms with E-state index in [2.05, 4.69) is 46.6 Å². The van der Waals surface area contributed by atoms with E-state index in [1.54, 1.807) is 18.9 Å². The average Bonchev–Trinajstić information content (AvgIpc) is 1.50. The fourth-order valence-electron chi connectivity index (χ4n) is 16.5. The van der Waals surface area contributed by atoms with E-state index in [1.165, 1.54) is 14.2 Å². The minimum absolute atomic E-state index is 0.0137. The van der Waals surface area contributed by atoms with Crippen molar-refractivity contribution in [1.82, 2.24) is 41.6 Å². The number of nitrogens with zero attached hydrogens (tertiary/aromatic N) is 4. The van der Waals surface area contributed by atoms with Gasteiger partial charge < -0.3 is 82.2 Å². The SMILES string of the molecule is CC[C@@H](CCCN=C(N)N)C(=O)N[C@@H](CC(=O)O)C(=O)N[C@@H](CC(=O)O)C(=O)N[C@@H](CSSCCOC(=O)NNC(=O)[C@@]1(O)[C@H](O)[C@]2(CC)C=CCN3CC[C@@]4(c5cc([C@@]6(C(=O)OC)C[C@@H]7CN(CCc8c6[nH]c6ccccc86)C[C@](O)(CC)C7)c(OC)cc5N(C)[C@@H]14)[C@@H]32)C(=O)O. The highest BCUT2D eigenvalue weighted by atomic mass is 33.1. The number of hydrogen-bond donors (Lipinski definition) is 14. The lowest BCUT2D eigenvalue weighted by molar-refractivity contribution is -0.204. The quantitative estimate of drug-likeness (QED) is 0.00915. The van der Waals surface area contributed by atoms with E-state index < -0.39 is 136 Å². The number of nitrogens with one attached hydrogen (secondary N) is 6. The number of nitrogens with two attached hydrogens (primary N) is 2. The van der Waals surface area contributed by atoms with Crippen LogP contribution in [0.1, 0.15) is 107 Å². The number of carboxylic acids is 3. The van der Waals surface area contributed by atoms with Gasteiger partial charge in [-0.1, -0.05) is 72.7 Å². The summed E-state index contributed by atoms with van der Waals surface area (Å²) >= 11 is 0. The van der Waals surface area contributed by atoms with E-state index >= 15 is 9.59 Å². The molecule has 97 heavy (non-hydrogen) atoms. The van der Waals surface area contributed by atoms with Crippen LogP contribution in [0.5, 0.6) is 5.75 Å². The number of fused-ring (bicyclic) bond motifs is 6. The van der Waals surface area contributed by atoms with Crippen LogP contribution in [0.4, 0.5) is 10.5 Å². The van der Waals surface area contributed by atoms with Gasteiger partial charge in [0.15, 0.2) is 11.6 Å². The number of guanidine groups is 1. The van der Waals surface area contributed by atoms with Gasteiger partial charge in [0.1, 0.15) is 42.0 Å². The molecule has 5 aliphatic heterocycles. The number of anilines is 1. The lowest BCUT2D eigenvalue weighted by atomic mass is 9.47. The summed E-state index contributed by atoms with van der Waals surface area (Å²) in [6.07, 6.45) is 2.12. The largest absolute Gasteiger partial charge is 0.496 e. The Hall–Kier alpha value is -7.88. The highest BCUT2D eigenvalue weighted by Gasteiger charge is 2.79. The topological polar surface area (TPSA) is 453 Å². The predicted molar refractivity (Wildman–Crippen MR) is 358 cm³/mol. The van der Waals surface area contributed by atoms with Gasteiger partial charge in [0.25, 0.3) is 5.91 Å². The standard InChI is InChI=1S/C65H90N12O18S2/c1-7-36(14-12-20-68-59(66)67)50(82)70-42(27-47(78)79)51(83)71-43(28-48(80)81)52(84)72-44(53(85)86)33-97-96-25-24-95-60(90)74-73-57(88)65(92)55-63(19-23-77-21-13-18-62(9-3,54(63)77)56(65)87)39-26-40(46(93-5)29-45(39)75(55)4)64(58(89)94-6)31-35-30-61(91,8-2)34-76(32-35)22-17-38-37-15-10-11-16-41(37)69-49(38)64/h10-11,13,15-16,18,26,29,35-36,42-44,54-56,69,87,91-92H,7-9,12,14,17,19-25,27-28,30-34H2,1-6H3,(H,70,82)(H,71,83)(H,72,84)(H,73,88)(H,74,90)(H,78,79)(H,80,81)(H,85,86)(H4,66,67,68)/t35-,36+,42+,43+,44+,54+,55-,56-,61+,62-,63-,64+,65+/m1/s1. The Kier molecular flexibility index (Phi) is 22.7. The molecule has 1 saturated carbocycles. The molecule has 2 saturated heterocycles. The average molecular weight is 1390 g/mol. The predicted octanol–water partition coefficient (Wildman–Crippen LogP) is 0.954. The van der Waals surface area contributed by atoms with E-state index in [-0.39, 0.29) is 62.2 Å². The van der Waals surface area contributed by atoms with E-state index in [4.69, 9.17) is 25.7 Å². The summed E-state index contributed by atoms with van der Waals surface area (Å²) in [4.78, 5) is 134. The molecule has 32 heteroatoms. The Bertz CT molecular complexity index is 3580. The third-order valence-corrected chi connectivity index (χ3v) is 23.1. The van der Waals surface area contributed by atoms with Crippen molar-refractivity contribution in [2.75, 3.05) is 83.5 Å². The van der Waals surface area contributed by atoms with Crippen molar-refractivity contribution >= 4 is 97.7 Å². The second-order valence-corrected chi connectivity index (χ2v) is 28.8. The number of aliphatic carboxylic acids is 3. The second kappa shape index (κ2) is 30.1. The number of amides is 5. The summed E-state index contributed by atoms with van der Waals surface area (Å²) in [6.45, 7) is 8.14. The van der Waals surface area contributed by atoms with Crippen LogP contribution in [0.3, 0.4) is 0 Å². The molecule has 6 aliphatic rings. The summed E-state index contributed by atoms with van der Waals surface area (Å²) in [7, 11) is 6.54. The minimum Gasteiger partial charge on any atom is -0.496 e. The van der Waals surface area contributed by atoms with Crippen LogP contribution >= 0.6 is 21.6 Å². The molecule has 16 N–H and O–H groups in total. The van der Waals surface area contributed by atoms with E-state index in [9.17, 15) is 64.2 Å². The second-order valence-electron chi connectivity index (χ2n) is 26.2. The smallest absolute Gasteiger partial charge is 0.426 e. The number of aromatic amines is 1. The molecule has 1 aromatic heterocycles. The number of H-pyrrole nitrogens is 1. The summed E-state index contributed by atoms with van der Waals surface area (Å²) < 4.78 is 17.7. The summed E-state index contributed by atoms with van der Waals surface area (Å²) in [5.41, 5.74) is 11.7. The van der Waals surface area contributed by atoms with Crippen LogP contribution < -0.4 is 47.9 Å². The van der Waals surface area contributed by atoms with Crippen molar-refractivity contribution in [1.29, 1.82) is 0 Å². The van der Waals surface area contributed by atoms with Crippen molar-refractivity contribution in [2.24, 2.45) is 33.7 Å². The zero-order valence-electron chi connectivity index (χ0n) is 55.2. The number of para-hydroxylation sites is 1. The van der Waals surface area contributed by atoms with Gasteiger partial charge >= 0.3 is 30.0 Å². The first-order valence-corrected chi connectivity index (χ1v) is 35.1. The van der Waals surface area contributed by atoms with Crippen molar-refractivity contribution < 1.29 is 88.0 Å². The number of carbonyl (C=O) groups excluding carboxylic acids is 6. The maximum absolute atomic E-state index is 15.6. The molecule has 1 unspecified atom stereocenters. The number of aliphatic hydroxyl groups excluding tert-OH is 1. The van der Waals surface area contributed by atoms with Crippen LogP contribution in [0.15, 0.2) is 53.5 Å². The summed E-state index contributed by atoms with van der Waals surface area (Å²) in [6, 6.07) is 4.64. The Labute approximate surface area is 568 Å². The minimum atomic E-state index is -2.68. The number of hydrazine groups is 1. The van der Waals surface area contributed by atoms with Gasteiger partial charge in [-0.05, 0) is 93.5 Å². The zero-order valence-corrected chi connectivity index (χ0v) is 56.9. The molecule has 5 amide bonds. The molecule has 0 radical (unpaired) electrons. The first-order valence-electron chi connectivity index (χ1n) is 32.6. The number of rotatable bonds is 28. The number of benzene rings is 2. The highest BCUT2D eigenvalue weighted by Crippen LogP contribution is 2.68. The number of likely N-dealkylation sites (N-methyl/N-ethyl adjacent to an activating group) is 1. The van der Waals surface area contributed by atoms with Gasteiger partial charge in [-0.2, -0.15) is 0 Å². The maximum atomic E-state index is 15.6. The van der Waals surface area contributed by atoms with Gasteiger partial charge in [-0.3, -0.25) is 53.8 Å². The lowest BCUT2D eigenvalue weighted by Crippen LogP contribution is -2.82. The van der Waals surface area contributed by atoms with Gasteiger partial charge in [-0.15, -0.1) is 0 Å². The number of carboxylic acid groups (broad SMARTS) is 3. The van der Waals surface area contributed by atoms with E-state index in [1.807, 2.05) is 62.4 Å². The maximum Gasteiger partial charge on any atom is 0.426 e. The Balaban J connectivity index is 0.900. The molecule has 6 heterocycles. The number of aromatic nitrogens is 1. The molecule has 2 aromatic carbocycles. The van der Waals surface area contributed by atoms with Crippen LogP contribution in [0.2, 0.25) is 0 Å². The number of carbonyl (C=O) groups is 9. The number of ether oxygens (including phenoxy) is 3. The van der Waals surface area contributed by atoms with Crippen LogP contribution in [0, 0.1) is 17.3 Å². The van der Waals surface area contributed by atoms with Gasteiger partial charge in [0.05, 0.1) is 38.7 Å². The van der Waals surface area contributed by atoms with Crippen molar-refractivity contribution in [3.8, 4) is 5.75 Å². The fourth-order valence-corrected chi connectivity index (χ4v) is 18.4. The zero-order chi connectivity index (χ0) is 70.5. The van der Waals surface area contributed by atoms with E-state index in [0.29, 0.717) is 93.1 Å². The number of methoxy groups -OCH3 is 2. The van der Waals surface area contributed by atoms with Crippen molar-refractivity contribution in [2.45, 2.75) is 150 Å². The highest BCUT2D eigenvalue weighted by molar-refractivity contribution is 8.76. The first kappa shape index (κ1) is 73.4. The molecule has 530 valence electrons. The molecule has 30 nitrogen and oxygen atoms in total. The Morgan fingerprint density at radius 2 is 1.54 bits per heavy atom. The molecule has 14 atom stereocenters. The molecule has 3 aromatic rings. The number of aliphatic hydroxyl groups is 3. The van der Waals surface area contributed by atoms with Crippen LogP contribution in [-0.4, -0.2) is 231 Å². The third-order valence-electron chi connectivity index (χ3n) is 20.7. The van der Waals surface area contributed by atoms with Gasteiger partial charge in [-0.25, -0.2) is 15.0 Å². The van der Waals surface area contributed by atoms with Crippen LogP contribution in [-0.2, 0) is 65.1 Å². The van der Waals surface area contributed by atoms with Crippen molar-refractivity contribution in [3.63, 3.8) is 0 Å². The normalized spacial score (nSPS) is 28.0. The van der Waals surface area contributed by atoms with Gasteiger partial charge in [0, 0.05) is 108 Å². The summed E-state index contributed by atoms with van der Waals surface area (Å²) in [5.74, 6) is -10.5. The Morgan fingerprint density at radius 3 is 2.18 bits per heavy atom. The lowest BCUT2D eigenvalue weighted by Gasteiger charge is -2.63. The number of aliphatic imine (C=N–C) groups is 1. The summed E-state index contributed by atoms with van der Waals surface area (Å²) in [5, 5.41) is 75.6. The number of piperidine rings is 1. The monoisotopic (exact) mass is 1390 g/mol. The van der Waals surface area contributed by atoms with E-state index in [0.717, 1.165) is 38.1 Å². The molecular weight excluding hydrogens is 1300 g/mol. The van der Waals surface area contributed by atoms with Crippen LogP contribution in [0.25, 0.3) is 10.9 Å². The number of hydrogen-bond acceptors (Lipinski definition) is 21. The Morgan fingerprint density at radius 1 is 0.845 bits per heavy atom. The fraction of sp³-hybridized carbons (Fsp3) is 0.600. The molecule has 1 spiro atoms. The van der Waals surface area contributed by atoms with Gasteiger partial charge in [0.2, 0.25) is 17.7 Å². The number of esters is 1. The third kappa shape index (κ3) is 14.1. The molecule has 1 aliphatic carbocycles. The molecule has 2 bridgehead atoms. The first-order chi connectivity index (χ1) is 46.1. The molecular formula is C65H90N12O18S2. The molecule has 3 fully saturated rings.